The van der Waals surface area contributed by atoms with Crippen molar-refractivity contribution in [3.8, 4) is 0 Å². The van der Waals surface area contributed by atoms with Crippen LogP contribution in [0.2, 0.25) is 0 Å². The van der Waals surface area contributed by atoms with Gasteiger partial charge in [0.15, 0.2) is 0 Å². The van der Waals surface area contributed by atoms with Gasteiger partial charge in [-0.2, -0.15) is 0 Å². The Hall–Kier alpha value is -0.500. The Labute approximate surface area is 77.5 Å². The molecule has 3 atom stereocenters. The van der Waals surface area contributed by atoms with Crippen LogP contribution in [-0.4, -0.2) is 17.5 Å². The summed E-state index contributed by atoms with van der Waals surface area (Å²) in [7, 11) is 0. The van der Waals surface area contributed by atoms with Gasteiger partial charge in [0, 0.05) is 6.92 Å². The molecule has 3 unspecified atom stereocenters. The molecule has 0 aliphatic heterocycles. The predicted molar refractivity (Wildman–Crippen MR) is 48.1 cm³/mol. The molecule has 0 aromatic rings. The van der Waals surface area contributed by atoms with Gasteiger partial charge in [-0.05, 0) is 18.4 Å². The molecule has 1 aliphatic carbocycles. The molecular weight excluding hydrogens is 176 g/mol. The molecule has 0 amide bonds. The maximum absolute atomic E-state index is 10.6. The summed E-state index contributed by atoms with van der Waals surface area (Å²) in [5.74, 6) is 0.0888. The van der Waals surface area contributed by atoms with Crippen LogP contribution in [0.1, 0.15) is 20.3 Å². The van der Waals surface area contributed by atoms with Gasteiger partial charge in [0.1, 0.15) is 6.10 Å². The van der Waals surface area contributed by atoms with E-state index in [9.17, 15) is 4.79 Å². The molecule has 0 saturated carbocycles. The predicted octanol–water partition coefficient (Wildman–Crippen LogP) is 2.12. The first-order chi connectivity index (χ1) is 5.59. The van der Waals surface area contributed by atoms with Gasteiger partial charge >= 0.3 is 5.97 Å². The highest BCUT2D eigenvalue weighted by Crippen LogP contribution is 2.24. The van der Waals surface area contributed by atoms with E-state index in [1.165, 1.54) is 6.92 Å². The lowest BCUT2D eigenvalue weighted by atomic mass is 9.93. The van der Waals surface area contributed by atoms with Crippen molar-refractivity contribution in [2.45, 2.75) is 31.7 Å². The number of hydrogen-bond donors (Lipinski definition) is 0. The first-order valence-electron chi connectivity index (χ1n) is 4.09. The monoisotopic (exact) mass is 188 g/mol. The zero-order valence-corrected chi connectivity index (χ0v) is 8.04. The Balaban J connectivity index is 2.54. The number of alkyl halides is 1. The molecule has 0 spiro atoms. The zero-order chi connectivity index (χ0) is 9.14. The summed E-state index contributed by atoms with van der Waals surface area (Å²) in [6.45, 7) is 3.46. The summed E-state index contributed by atoms with van der Waals surface area (Å²) in [6.07, 6.45) is 4.54. The normalized spacial score (nSPS) is 34.8. The minimum Gasteiger partial charge on any atom is -0.458 e. The van der Waals surface area contributed by atoms with E-state index in [1.54, 1.807) is 0 Å². The first kappa shape index (κ1) is 9.59. The highest BCUT2D eigenvalue weighted by atomic mass is 35.5. The van der Waals surface area contributed by atoms with Gasteiger partial charge in [0.05, 0.1) is 5.38 Å². The number of carbonyl (C=O) groups excluding carboxylic acids is 1. The third-order valence-electron chi connectivity index (χ3n) is 1.97. The third-order valence-corrected chi connectivity index (χ3v) is 2.29. The summed E-state index contributed by atoms with van der Waals surface area (Å²) in [5, 5.41) is 0.0896. The molecule has 0 N–H and O–H groups in total. The summed E-state index contributed by atoms with van der Waals surface area (Å²) < 4.78 is 5.07. The summed E-state index contributed by atoms with van der Waals surface area (Å²) in [5.41, 5.74) is 0. The average molecular weight is 189 g/mol. The second-order valence-electron chi connectivity index (χ2n) is 3.19. The second-order valence-corrected chi connectivity index (χ2v) is 3.75. The van der Waals surface area contributed by atoms with Crippen molar-refractivity contribution >= 4 is 17.6 Å². The van der Waals surface area contributed by atoms with Crippen LogP contribution in [0.15, 0.2) is 12.2 Å². The fraction of sp³-hybridized carbons (Fsp3) is 0.667. The molecule has 3 heteroatoms. The fourth-order valence-electron chi connectivity index (χ4n) is 1.33. The Morgan fingerprint density at radius 1 is 1.58 bits per heavy atom. The standard InChI is InChI=1S/C9H13ClO2/c1-6-5-8(10)3-4-9(6)12-7(2)11/h3-4,6,8-9H,5H2,1-2H3. The van der Waals surface area contributed by atoms with E-state index >= 15 is 0 Å². The SMILES string of the molecule is CC(=O)OC1C=CC(Cl)CC1C. The van der Waals surface area contributed by atoms with E-state index in [2.05, 4.69) is 0 Å². The van der Waals surface area contributed by atoms with Gasteiger partial charge in [0.2, 0.25) is 0 Å². The molecule has 12 heavy (non-hydrogen) atoms. The van der Waals surface area contributed by atoms with Crippen LogP contribution >= 0.6 is 11.6 Å². The minimum atomic E-state index is -0.232. The van der Waals surface area contributed by atoms with Gasteiger partial charge in [0.25, 0.3) is 0 Å². The lowest BCUT2D eigenvalue weighted by Crippen LogP contribution is -2.27. The molecule has 0 fully saturated rings. The van der Waals surface area contributed by atoms with Gasteiger partial charge in [-0.1, -0.05) is 13.0 Å². The Morgan fingerprint density at radius 2 is 2.25 bits per heavy atom. The number of hydrogen-bond acceptors (Lipinski definition) is 2. The quantitative estimate of drug-likeness (QED) is 0.358. The lowest BCUT2D eigenvalue weighted by Gasteiger charge is -2.25. The van der Waals surface area contributed by atoms with Gasteiger partial charge < -0.3 is 4.74 Å². The Kier molecular flexibility index (Phi) is 3.15. The smallest absolute Gasteiger partial charge is 0.303 e. The molecule has 0 aromatic carbocycles. The van der Waals surface area contributed by atoms with Crippen molar-refractivity contribution in [1.82, 2.24) is 0 Å². The second kappa shape index (κ2) is 3.94. The molecule has 0 heterocycles. The Morgan fingerprint density at radius 3 is 2.75 bits per heavy atom. The highest BCUT2D eigenvalue weighted by molar-refractivity contribution is 6.21. The topological polar surface area (TPSA) is 26.3 Å². The van der Waals surface area contributed by atoms with Crippen molar-refractivity contribution in [1.29, 1.82) is 0 Å². The largest absolute Gasteiger partial charge is 0.458 e. The molecule has 1 aliphatic rings. The van der Waals surface area contributed by atoms with E-state index in [4.69, 9.17) is 16.3 Å². The molecule has 0 aromatic heterocycles. The van der Waals surface area contributed by atoms with E-state index in [-0.39, 0.29) is 17.5 Å². The summed E-state index contributed by atoms with van der Waals surface area (Å²) >= 11 is 5.89. The van der Waals surface area contributed by atoms with Crippen LogP contribution in [0.25, 0.3) is 0 Å². The Bertz CT molecular complexity index is 201. The summed E-state index contributed by atoms with van der Waals surface area (Å²) in [6, 6.07) is 0. The first-order valence-corrected chi connectivity index (χ1v) is 4.53. The van der Waals surface area contributed by atoms with Crippen LogP contribution in [0.4, 0.5) is 0 Å². The van der Waals surface area contributed by atoms with Crippen molar-refractivity contribution in [3.63, 3.8) is 0 Å². The molecular formula is C9H13ClO2. The molecule has 1 rings (SSSR count). The highest BCUT2D eigenvalue weighted by Gasteiger charge is 2.23. The zero-order valence-electron chi connectivity index (χ0n) is 7.29. The molecule has 0 bridgehead atoms. The molecule has 0 saturated heterocycles. The van der Waals surface area contributed by atoms with Crippen LogP contribution in [0, 0.1) is 5.92 Å². The van der Waals surface area contributed by atoms with Crippen LogP contribution < -0.4 is 0 Å². The lowest BCUT2D eigenvalue weighted by molar-refractivity contribution is -0.146. The van der Waals surface area contributed by atoms with E-state index in [1.807, 2.05) is 19.1 Å². The number of ether oxygens (including phenoxy) is 1. The van der Waals surface area contributed by atoms with Gasteiger partial charge in [-0.15, -0.1) is 11.6 Å². The number of esters is 1. The average Bonchev–Trinajstić information content (AvgIpc) is 1.94. The number of halogens is 1. The molecule has 0 radical (unpaired) electrons. The summed E-state index contributed by atoms with van der Waals surface area (Å²) in [4.78, 5) is 10.6. The van der Waals surface area contributed by atoms with E-state index < -0.39 is 0 Å². The number of carbonyl (C=O) groups is 1. The maximum Gasteiger partial charge on any atom is 0.303 e. The minimum absolute atomic E-state index is 0.0856. The van der Waals surface area contributed by atoms with Crippen LogP contribution in [-0.2, 0) is 9.53 Å². The van der Waals surface area contributed by atoms with Crippen molar-refractivity contribution in [3.05, 3.63) is 12.2 Å². The van der Waals surface area contributed by atoms with E-state index in [0.717, 1.165) is 6.42 Å². The number of rotatable bonds is 1. The van der Waals surface area contributed by atoms with Gasteiger partial charge in [-0.3, -0.25) is 4.79 Å². The third kappa shape index (κ3) is 2.52. The van der Waals surface area contributed by atoms with Crippen LogP contribution in [0.3, 0.4) is 0 Å². The molecule has 68 valence electrons. The van der Waals surface area contributed by atoms with Crippen molar-refractivity contribution < 1.29 is 9.53 Å². The van der Waals surface area contributed by atoms with Crippen LogP contribution in [0.5, 0.6) is 0 Å². The van der Waals surface area contributed by atoms with E-state index in [0.29, 0.717) is 5.92 Å². The van der Waals surface area contributed by atoms with Gasteiger partial charge in [-0.25, -0.2) is 0 Å². The number of allylic oxidation sites excluding steroid dienone is 1. The maximum atomic E-state index is 10.6. The fourth-order valence-corrected chi connectivity index (χ4v) is 1.70. The van der Waals surface area contributed by atoms with Crippen molar-refractivity contribution in [2.24, 2.45) is 5.92 Å². The molecule has 2 nitrogen and oxygen atoms in total. The van der Waals surface area contributed by atoms with Crippen molar-refractivity contribution in [2.75, 3.05) is 0 Å².